The molecule has 3 nitrogen and oxygen atoms in total. The summed E-state index contributed by atoms with van der Waals surface area (Å²) in [5.74, 6) is 0.721. The molecule has 3 aromatic rings. The van der Waals surface area contributed by atoms with Crippen molar-refractivity contribution in [3.63, 3.8) is 0 Å². The van der Waals surface area contributed by atoms with E-state index in [1.807, 2.05) is 67.5 Å². The average Bonchev–Trinajstić information content (AvgIpc) is 2.47. The minimum Gasteiger partial charge on any atom is -0.456 e. The fourth-order valence-corrected chi connectivity index (χ4v) is 2.20. The number of rotatable bonds is 2. The van der Waals surface area contributed by atoms with Crippen LogP contribution in [0.25, 0.3) is 22.3 Å². The van der Waals surface area contributed by atoms with Gasteiger partial charge in [-0.05, 0) is 12.1 Å². The van der Waals surface area contributed by atoms with E-state index >= 15 is 0 Å². The summed E-state index contributed by atoms with van der Waals surface area (Å²) >= 11 is 0. The first-order chi connectivity index (χ1) is 9.65. The maximum absolute atomic E-state index is 8.16. The zero-order valence-corrected chi connectivity index (χ0v) is 11.6. The van der Waals surface area contributed by atoms with Gasteiger partial charge in [0.15, 0.2) is 0 Å². The summed E-state index contributed by atoms with van der Waals surface area (Å²) in [6.45, 7) is 0. The van der Waals surface area contributed by atoms with Crippen molar-refractivity contribution < 1.29 is 4.42 Å². The average molecular weight is 264 g/mol. The molecule has 0 unspecified atom stereocenters. The lowest BCUT2D eigenvalue weighted by molar-refractivity contribution is 0.618. The van der Waals surface area contributed by atoms with E-state index in [1.54, 1.807) is 6.07 Å². The minimum absolute atomic E-state index is 0.482. The Balaban J connectivity index is 2.24. The lowest BCUT2D eigenvalue weighted by Gasteiger charge is -2.13. The van der Waals surface area contributed by atoms with Crippen molar-refractivity contribution in [2.24, 2.45) is 0 Å². The van der Waals surface area contributed by atoms with Crippen molar-refractivity contribution in [2.45, 2.75) is 0 Å². The Kier molecular flexibility index (Phi) is 3.03. The van der Waals surface area contributed by atoms with Gasteiger partial charge in [-0.25, -0.2) is 0 Å². The monoisotopic (exact) mass is 264 g/mol. The first kappa shape index (κ1) is 12.5. The van der Waals surface area contributed by atoms with Crippen molar-refractivity contribution in [3.8, 4) is 11.3 Å². The molecule has 1 aromatic heterocycles. The molecule has 0 amide bonds. The largest absolute Gasteiger partial charge is 0.456 e. The first-order valence-corrected chi connectivity index (χ1v) is 6.50. The number of fused-ring (bicyclic) bond motifs is 1. The second kappa shape index (κ2) is 4.85. The highest BCUT2D eigenvalue weighted by Gasteiger charge is 2.06. The smallest absolute Gasteiger partial charge is 0.138 e. The maximum atomic E-state index is 8.16. The van der Waals surface area contributed by atoms with E-state index in [9.17, 15) is 0 Å². The van der Waals surface area contributed by atoms with Gasteiger partial charge in [-0.3, -0.25) is 5.41 Å². The lowest BCUT2D eigenvalue weighted by Crippen LogP contribution is -2.09. The van der Waals surface area contributed by atoms with Crippen LogP contribution in [0.4, 0.5) is 5.69 Å². The minimum atomic E-state index is 0.482. The molecule has 0 fully saturated rings. The molecule has 0 aliphatic heterocycles. The van der Waals surface area contributed by atoms with E-state index in [0.29, 0.717) is 5.36 Å². The van der Waals surface area contributed by atoms with Crippen LogP contribution in [0.1, 0.15) is 0 Å². The molecule has 0 saturated carbocycles. The molecule has 0 bridgehead atoms. The van der Waals surface area contributed by atoms with Crippen LogP contribution >= 0.6 is 0 Å². The summed E-state index contributed by atoms with van der Waals surface area (Å²) in [5.41, 5.74) is 2.78. The summed E-state index contributed by atoms with van der Waals surface area (Å²) in [7, 11) is 3.98. The summed E-state index contributed by atoms with van der Waals surface area (Å²) in [5, 5.41) is 9.47. The molecular formula is C17H16N2O. The number of anilines is 1. The van der Waals surface area contributed by atoms with Crippen LogP contribution in [0.3, 0.4) is 0 Å². The maximum Gasteiger partial charge on any atom is 0.138 e. The summed E-state index contributed by atoms with van der Waals surface area (Å²) in [6, 6.07) is 17.6. The van der Waals surface area contributed by atoms with Crippen LogP contribution in [-0.2, 0) is 0 Å². The van der Waals surface area contributed by atoms with Gasteiger partial charge in [0.2, 0.25) is 0 Å². The van der Waals surface area contributed by atoms with Crippen LogP contribution in [-0.4, -0.2) is 14.1 Å². The van der Waals surface area contributed by atoms with Gasteiger partial charge in [0, 0.05) is 42.9 Å². The van der Waals surface area contributed by atoms with E-state index in [2.05, 4.69) is 0 Å². The standard InChI is InChI=1S/C17H16N2O/c1-19(2)13-8-9-14-15(18)11-16(20-17(14)10-13)12-6-4-3-5-7-12/h3-11,18H,1-2H3. The van der Waals surface area contributed by atoms with E-state index < -0.39 is 0 Å². The van der Waals surface area contributed by atoms with Crippen LogP contribution in [0.5, 0.6) is 0 Å². The normalized spacial score (nSPS) is 10.7. The Bertz CT molecular complexity index is 804. The topological polar surface area (TPSA) is 40.2 Å². The molecule has 1 heterocycles. The van der Waals surface area contributed by atoms with Crippen LogP contribution in [0, 0.1) is 5.41 Å². The predicted molar refractivity (Wildman–Crippen MR) is 81.8 cm³/mol. The third-order valence-corrected chi connectivity index (χ3v) is 3.33. The molecule has 20 heavy (non-hydrogen) atoms. The van der Waals surface area contributed by atoms with E-state index in [0.717, 1.165) is 28.0 Å². The molecule has 0 radical (unpaired) electrons. The number of hydrogen-bond acceptors (Lipinski definition) is 3. The second-order valence-corrected chi connectivity index (χ2v) is 4.97. The SMILES string of the molecule is CN(C)c1ccc2c(=N)cc(-c3ccccc3)oc2c1. The highest BCUT2D eigenvalue weighted by molar-refractivity contribution is 5.81. The molecule has 3 rings (SSSR count). The summed E-state index contributed by atoms with van der Waals surface area (Å²) < 4.78 is 5.97. The molecule has 2 aromatic carbocycles. The number of benzene rings is 2. The Morgan fingerprint density at radius 3 is 2.40 bits per heavy atom. The molecular weight excluding hydrogens is 248 g/mol. The Morgan fingerprint density at radius 1 is 0.950 bits per heavy atom. The van der Waals surface area contributed by atoms with Gasteiger partial charge < -0.3 is 9.32 Å². The van der Waals surface area contributed by atoms with Gasteiger partial charge in [0.1, 0.15) is 11.3 Å². The zero-order valence-electron chi connectivity index (χ0n) is 11.6. The molecule has 0 atom stereocenters. The highest BCUT2D eigenvalue weighted by atomic mass is 16.3. The van der Waals surface area contributed by atoms with E-state index in [1.165, 1.54) is 0 Å². The Morgan fingerprint density at radius 2 is 1.70 bits per heavy atom. The van der Waals surface area contributed by atoms with Gasteiger partial charge in [-0.15, -0.1) is 0 Å². The Hall–Kier alpha value is -2.55. The molecule has 0 aliphatic carbocycles. The van der Waals surface area contributed by atoms with Crippen molar-refractivity contribution in [1.29, 1.82) is 5.41 Å². The summed E-state index contributed by atoms with van der Waals surface area (Å²) in [4.78, 5) is 2.02. The molecule has 0 spiro atoms. The molecule has 100 valence electrons. The predicted octanol–water partition coefficient (Wildman–Crippen LogP) is 3.65. The highest BCUT2D eigenvalue weighted by Crippen LogP contribution is 2.24. The fraction of sp³-hybridized carbons (Fsp3) is 0.118. The van der Waals surface area contributed by atoms with Gasteiger partial charge in [-0.2, -0.15) is 0 Å². The molecule has 0 saturated heterocycles. The number of nitrogens with one attached hydrogen (secondary N) is 1. The quantitative estimate of drug-likeness (QED) is 0.767. The zero-order chi connectivity index (χ0) is 14.1. The summed E-state index contributed by atoms with van der Waals surface area (Å²) in [6.07, 6.45) is 0. The van der Waals surface area contributed by atoms with Gasteiger partial charge in [0.25, 0.3) is 0 Å². The number of nitrogens with zero attached hydrogens (tertiary/aromatic N) is 1. The van der Waals surface area contributed by atoms with Gasteiger partial charge in [0.05, 0.1) is 5.36 Å². The third-order valence-electron chi connectivity index (χ3n) is 3.33. The number of hydrogen-bond donors (Lipinski definition) is 1. The van der Waals surface area contributed by atoms with Crippen molar-refractivity contribution >= 4 is 16.7 Å². The van der Waals surface area contributed by atoms with Crippen LogP contribution < -0.4 is 10.3 Å². The Labute approximate surface area is 117 Å². The van der Waals surface area contributed by atoms with Crippen LogP contribution in [0.15, 0.2) is 59.0 Å². The lowest BCUT2D eigenvalue weighted by atomic mass is 10.1. The van der Waals surface area contributed by atoms with E-state index in [4.69, 9.17) is 9.83 Å². The van der Waals surface area contributed by atoms with Gasteiger partial charge >= 0.3 is 0 Å². The van der Waals surface area contributed by atoms with Crippen molar-refractivity contribution in [3.05, 3.63) is 60.0 Å². The van der Waals surface area contributed by atoms with Gasteiger partial charge in [-0.1, -0.05) is 30.3 Å². The van der Waals surface area contributed by atoms with Crippen LogP contribution in [0.2, 0.25) is 0 Å². The van der Waals surface area contributed by atoms with E-state index in [-0.39, 0.29) is 0 Å². The first-order valence-electron chi connectivity index (χ1n) is 6.50. The molecule has 0 aliphatic rings. The van der Waals surface area contributed by atoms with Crippen molar-refractivity contribution in [2.75, 3.05) is 19.0 Å². The third kappa shape index (κ3) is 2.18. The van der Waals surface area contributed by atoms with Crippen molar-refractivity contribution in [1.82, 2.24) is 0 Å². The second-order valence-electron chi connectivity index (χ2n) is 4.97. The molecule has 1 N–H and O–H groups in total. The molecule has 3 heteroatoms. The fourth-order valence-electron chi connectivity index (χ4n) is 2.20.